The van der Waals surface area contributed by atoms with Gasteiger partial charge < -0.3 is 14.5 Å². The Balaban J connectivity index is 2.17. The Labute approximate surface area is 154 Å². The van der Waals surface area contributed by atoms with E-state index in [0.717, 1.165) is 5.57 Å². The van der Waals surface area contributed by atoms with Crippen molar-refractivity contribution in [3.8, 4) is 6.07 Å². The van der Waals surface area contributed by atoms with E-state index >= 15 is 0 Å². The number of allylic oxidation sites excluding steroid dienone is 1. The van der Waals surface area contributed by atoms with Crippen molar-refractivity contribution >= 4 is 17.9 Å². The van der Waals surface area contributed by atoms with E-state index in [1.165, 1.54) is 6.07 Å². The molecule has 2 rings (SSSR count). The van der Waals surface area contributed by atoms with Crippen molar-refractivity contribution in [2.24, 2.45) is 0 Å². The molecule has 1 aliphatic heterocycles. The fraction of sp³-hybridized carbons (Fsp3) is 0.500. The fourth-order valence-electron chi connectivity index (χ4n) is 2.81. The molecule has 1 amide bonds. The van der Waals surface area contributed by atoms with E-state index in [1.807, 2.05) is 39.5 Å². The molecule has 1 fully saturated rings. The van der Waals surface area contributed by atoms with Gasteiger partial charge in [0, 0.05) is 31.7 Å². The number of hydrogen-bond acceptors (Lipinski definition) is 4. The van der Waals surface area contributed by atoms with Crippen molar-refractivity contribution in [2.45, 2.75) is 40.2 Å². The van der Waals surface area contributed by atoms with E-state index in [0.29, 0.717) is 43.0 Å². The number of piperazine rings is 1. The third kappa shape index (κ3) is 4.98. The lowest BCUT2D eigenvalue weighted by molar-refractivity contribution is 0.0240. The summed E-state index contributed by atoms with van der Waals surface area (Å²) in [6.45, 7) is 11.4. The van der Waals surface area contributed by atoms with Gasteiger partial charge in [-0.05, 0) is 46.8 Å². The summed E-state index contributed by atoms with van der Waals surface area (Å²) in [7, 11) is 0. The van der Waals surface area contributed by atoms with Crippen LogP contribution in [0, 0.1) is 17.1 Å². The van der Waals surface area contributed by atoms with Crippen LogP contribution in [0.4, 0.5) is 14.9 Å². The highest BCUT2D eigenvalue weighted by atomic mass is 19.1. The normalized spacial score (nSPS) is 14.7. The number of benzene rings is 1. The number of rotatable bonds is 2. The molecule has 140 valence electrons. The molecular weight excluding hydrogens is 333 g/mol. The summed E-state index contributed by atoms with van der Waals surface area (Å²) in [4.78, 5) is 15.9. The molecule has 0 spiro atoms. The smallest absolute Gasteiger partial charge is 0.410 e. The zero-order chi connectivity index (χ0) is 19.5. The van der Waals surface area contributed by atoms with E-state index in [4.69, 9.17) is 4.74 Å². The van der Waals surface area contributed by atoms with Gasteiger partial charge in [-0.2, -0.15) is 5.26 Å². The Morgan fingerprint density at radius 3 is 2.35 bits per heavy atom. The Hall–Kier alpha value is -2.55. The number of amides is 1. The van der Waals surface area contributed by atoms with Crippen molar-refractivity contribution in [3.63, 3.8) is 0 Å². The van der Waals surface area contributed by atoms with E-state index in [-0.39, 0.29) is 6.09 Å². The maximum Gasteiger partial charge on any atom is 0.410 e. The summed E-state index contributed by atoms with van der Waals surface area (Å²) in [6.07, 6.45) is 1.43. The molecule has 0 N–H and O–H groups in total. The number of nitrogens with zero attached hydrogens (tertiary/aromatic N) is 3. The van der Waals surface area contributed by atoms with Gasteiger partial charge in [0.05, 0.1) is 11.3 Å². The number of ether oxygens (including phenoxy) is 1. The average molecular weight is 359 g/mol. The molecule has 1 aromatic carbocycles. The minimum absolute atomic E-state index is 0.305. The second-order valence-corrected chi connectivity index (χ2v) is 7.68. The van der Waals surface area contributed by atoms with E-state index < -0.39 is 11.4 Å². The van der Waals surface area contributed by atoms with Crippen LogP contribution in [0.2, 0.25) is 0 Å². The fourth-order valence-corrected chi connectivity index (χ4v) is 2.81. The highest BCUT2D eigenvalue weighted by Crippen LogP contribution is 2.27. The zero-order valence-electron chi connectivity index (χ0n) is 16.1. The molecule has 0 unspecified atom stereocenters. The maximum atomic E-state index is 14.2. The van der Waals surface area contributed by atoms with Gasteiger partial charge in [0.25, 0.3) is 0 Å². The van der Waals surface area contributed by atoms with Crippen LogP contribution in [-0.4, -0.2) is 42.8 Å². The van der Waals surface area contributed by atoms with Crippen LogP contribution < -0.4 is 4.90 Å². The zero-order valence-corrected chi connectivity index (χ0v) is 16.1. The first kappa shape index (κ1) is 19.8. The molecule has 0 aromatic heterocycles. The summed E-state index contributed by atoms with van der Waals surface area (Å²) in [5.74, 6) is -0.404. The minimum Gasteiger partial charge on any atom is -0.444 e. The first-order valence-corrected chi connectivity index (χ1v) is 8.72. The molecule has 0 bridgehead atoms. The molecule has 0 saturated carbocycles. The number of halogens is 1. The Morgan fingerprint density at radius 1 is 1.23 bits per heavy atom. The van der Waals surface area contributed by atoms with E-state index in [1.54, 1.807) is 17.0 Å². The predicted octanol–water partition coefficient (Wildman–Crippen LogP) is 4.18. The standard InChI is InChI=1S/C20H26FN3O2/c1-14(2)10-15-12-18(16(13-22)11-17(15)21)23-6-8-24(9-7-23)19(25)26-20(3,4)5/h10-12H,6-9H2,1-5H3. The molecule has 6 heteroatoms. The van der Waals surface area contributed by atoms with Gasteiger partial charge in [0.2, 0.25) is 0 Å². The number of carbonyl (C=O) groups excluding carboxylic acids is 1. The first-order valence-electron chi connectivity index (χ1n) is 8.72. The summed E-state index contributed by atoms with van der Waals surface area (Å²) in [5.41, 5.74) is 1.92. The van der Waals surface area contributed by atoms with Crippen LogP contribution in [0.25, 0.3) is 6.08 Å². The quantitative estimate of drug-likeness (QED) is 0.795. The first-order chi connectivity index (χ1) is 12.1. The molecule has 1 heterocycles. The number of hydrogen-bond donors (Lipinski definition) is 0. The summed E-state index contributed by atoms with van der Waals surface area (Å²) in [5, 5.41) is 9.37. The number of carbonyl (C=O) groups is 1. The average Bonchev–Trinajstić information content (AvgIpc) is 2.54. The Kier molecular flexibility index (Phi) is 5.91. The van der Waals surface area contributed by atoms with Gasteiger partial charge in [-0.25, -0.2) is 9.18 Å². The third-order valence-electron chi connectivity index (χ3n) is 3.95. The predicted molar refractivity (Wildman–Crippen MR) is 100 cm³/mol. The van der Waals surface area contributed by atoms with Gasteiger partial charge in [-0.3, -0.25) is 0 Å². The second-order valence-electron chi connectivity index (χ2n) is 7.68. The SMILES string of the molecule is CC(C)=Cc1cc(N2CCN(C(=O)OC(C)(C)C)CC2)c(C#N)cc1F. The van der Waals surface area contributed by atoms with Gasteiger partial charge in [0.15, 0.2) is 0 Å². The molecule has 0 radical (unpaired) electrons. The highest BCUT2D eigenvalue weighted by Gasteiger charge is 2.27. The van der Waals surface area contributed by atoms with Crippen LogP contribution in [0.15, 0.2) is 17.7 Å². The number of nitriles is 1. The van der Waals surface area contributed by atoms with Gasteiger partial charge in [-0.15, -0.1) is 0 Å². The lowest BCUT2D eigenvalue weighted by Crippen LogP contribution is -2.50. The van der Waals surface area contributed by atoms with Crippen LogP contribution in [-0.2, 0) is 4.74 Å². The van der Waals surface area contributed by atoms with Crippen LogP contribution in [0.1, 0.15) is 45.7 Å². The van der Waals surface area contributed by atoms with Crippen LogP contribution in [0.3, 0.4) is 0 Å². The van der Waals surface area contributed by atoms with Gasteiger partial charge >= 0.3 is 6.09 Å². The van der Waals surface area contributed by atoms with Crippen molar-refractivity contribution in [1.82, 2.24) is 4.90 Å². The Bertz CT molecular complexity index is 748. The van der Waals surface area contributed by atoms with Crippen molar-refractivity contribution in [1.29, 1.82) is 5.26 Å². The third-order valence-corrected chi connectivity index (χ3v) is 3.95. The largest absolute Gasteiger partial charge is 0.444 e. The molecule has 1 aliphatic rings. The maximum absolute atomic E-state index is 14.2. The highest BCUT2D eigenvalue weighted by molar-refractivity contribution is 5.70. The molecule has 0 atom stereocenters. The second kappa shape index (κ2) is 7.77. The molecule has 26 heavy (non-hydrogen) atoms. The summed E-state index contributed by atoms with van der Waals surface area (Å²) in [6, 6.07) is 5.07. The summed E-state index contributed by atoms with van der Waals surface area (Å²) < 4.78 is 19.6. The molecule has 1 aromatic rings. The lowest BCUT2D eigenvalue weighted by atomic mass is 10.1. The van der Waals surface area contributed by atoms with Gasteiger partial charge in [-0.1, -0.05) is 11.6 Å². The topological polar surface area (TPSA) is 56.6 Å². The van der Waals surface area contributed by atoms with Crippen LogP contribution >= 0.6 is 0 Å². The van der Waals surface area contributed by atoms with E-state index in [2.05, 4.69) is 6.07 Å². The lowest BCUT2D eigenvalue weighted by Gasteiger charge is -2.37. The minimum atomic E-state index is -0.529. The van der Waals surface area contributed by atoms with Crippen molar-refractivity contribution < 1.29 is 13.9 Å². The Morgan fingerprint density at radius 2 is 1.85 bits per heavy atom. The van der Waals surface area contributed by atoms with Gasteiger partial charge in [0.1, 0.15) is 17.5 Å². The molecular formula is C20H26FN3O2. The molecule has 5 nitrogen and oxygen atoms in total. The van der Waals surface area contributed by atoms with Crippen molar-refractivity contribution in [3.05, 3.63) is 34.6 Å². The van der Waals surface area contributed by atoms with E-state index in [9.17, 15) is 14.4 Å². The number of anilines is 1. The molecule has 0 aliphatic carbocycles. The molecule has 1 saturated heterocycles. The monoisotopic (exact) mass is 359 g/mol. The van der Waals surface area contributed by atoms with Crippen LogP contribution in [0.5, 0.6) is 0 Å². The summed E-state index contributed by atoms with van der Waals surface area (Å²) >= 11 is 0. The van der Waals surface area contributed by atoms with Crippen molar-refractivity contribution in [2.75, 3.05) is 31.1 Å².